The monoisotopic (exact) mass is 297 g/mol. The lowest BCUT2D eigenvalue weighted by Crippen LogP contribution is -2.37. The lowest BCUT2D eigenvalue weighted by molar-refractivity contribution is -0.117. The average molecular weight is 297 g/mol. The number of amides is 1. The fourth-order valence-corrected chi connectivity index (χ4v) is 1.26. The number of carbonyl (C=O) groups is 1. The van der Waals surface area contributed by atoms with Crippen molar-refractivity contribution in [2.45, 2.75) is 51.4 Å². The Kier molecular flexibility index (Phi) is 9.62. The smallest absolute Gasteiger partial charge is 0.243 e. The van der Waals surface area contributed by atoms with Crippen molar-refractivity contribution in [2.75, 3.05) is 6.54 Å². The normalized spacial score (nSPS) is 15.9. The van der Waals surface area contributed by atoms with Crippen LogP contribution in [0.3, 0.4) is 0 Å². The maximum atomic E-state index is 11.4. The van der Waals surface area contributed by atoms with E-state index in [2.05, 4.69) is 5.32 Å². The predicted octanol–water partition coefficient (Wildman–Crippen LogP) is 1.06. The van der Waals surface area contributed by atoms with Gasteiger partial charge >= 0.3 is 0 Å². The van der Waals surface area contributed by atoms with E-state index in [1.807, 2.05) is 6.08 Å². The molecule has 0 radical (unpaired) electrons. The minimum atomic E-state index is -0.908. The number of allylic oxidation sites excluding steroid dienone is 4. The van der Waals surface area contributed by atoms with Crippen LogP contribution >= 0.6 is 0 Å². The van der Waals surface area contributed by atoms with E-state index in [4.69, 9.17) is 5.11 Å². The SMILES string of the molecule is C[C@H](O)[C@H](O)C=CC=CCC/C=C/C(=O)NCC(C)(C)O. The molecule has 2 atom stereocenters. The van der Waals surface area contributed by atoms with E-state index >= 15 is 0 Å². The largest absolute Gasteiger partial charge is 0.390 e. The highest BCUT2D eigenvalue weighted by Crippen LogP contribution is 1.98. The van der Waals surface area contributed by atoms with Gasteiger partial charge in [-0.1, -0.05) is 30.4 Å². The second-order valence-corrected chi connectivity index (χ2v) is 5.55. The Morgan fingerprint density at radius 1 is 1.19 bits per heavy atom. The topological polar surface area (TPSA) is 89.8 Å². The first-order valence-corrected chi connectivity index (χ1v) is 7.08. The molecule has 0 aromatic heterocycles. The zero-order chi connectivity index (χ0) is 16.3. The molecule has 0 fully saturated rings. The van der Waals surface area contributed by atoms with Crippen LogP contribution < -0.4 is 5.32 Å². The van der Waals surface area contributed by atoms with Gasteiger partial charge in [-0.2, -0.15) is 0 Å². The molecular formula is C16H27NO4. The number of aliphatic hydroxyl groups is 3. The summed E-state index contributed by atoms with van der Waals surface area (Å²) in [5.74, 6) is -0.221. The minimum absolute atomic E-state index is 0.215. The molecule has 5 heteroatoms. The van der Waals surface area contributed by atoms with Crippen LogP contribution in [0.25, 0.3) is 0 Å². The molecule has 0 saturated heterocycles. The summed E-state index contributed by atoms with van der Waals surface area (Å²) in [4.78, 5) is 11.4. The van der Waals surface area contributed by atoms with Crippen molar-refractivity contribution in [1.82, 2.24) is 5.32 Å². The highest BCUT2D eigenvalue weighted by Gasteiger charge is 2.12. The van der Waals surface area contributed by atoms with E-state index < -0.39 is 17.8 Å². The van der Waals surface area contributed by atoms with Gasteiger partial charge < -0.3 is 20.6 Å². The molecule has 5 nitrogen and oxygen atoms in total. The van der Waals surface area contributed by atoms with Crippen molar-refractivity contribution in [3.05, 3.63) is 36.5 Å². The Morgan fingerprint density at radius 3 is 2.38 bits per heavy atom. The molecule has 0 saturated carbocycles. The summed E-state index contributed by atoms with van der Waals surface area (Å²) < 4.78 is 0. The van der Waals surface area contributed by atoms with Gasteiger partial charge in [-0.05, 0) is 39.7 Å². The number of hydrogen-bond acceptors (Lipinski definition) is 4. The summed E-state index contributed by atoms with van der Waals surface area (Å²) in [5, 5.41) is 30.4. The Labute approximate surface area is 126 Å². The van der Waals surface area contributed by atoms with E-state index in [0.29, 0.717) is 0 Å². The highest BCUT2D eigenvalue weighted by molar-refractivity contribution is 5.87. The molecule has 0 unspecified atom stereocenters. The first-order chi connectivity index (χ1) is 9.72. The second kappa shape index (κ2) is 10.3. The van der Waals surface area contributed by atoms with Crippen molar-refractivity contribution in [1.29, 1.82) is 0 Å². The van der Waals surface area contributed by atoms with Crippen LogP contribution in [0.4, 0.5) is 0 Å². The first kappa shape index (κ1) is 19.6. The molecule has 0 aliphatic heterocycles. The van der Waals surface area contributed by atoms with E-state index in [9.17, 15) is 15.0 Å². The Bertz CT molecular complexity index is 378. The molecule has 4 N–H and O–H groups in total. The highest BCUT2D eigenvalue weighted by atomic mass is 16.3. The predicted molar refractivity (Wildman–Crippen MR) is 83.6 cm³/mol. The first-order valence-electron chi connectivity index (χ1n) is 7.08. The Morgan fingerprint density at radius 2 is 1.81 bits per heavy atom. The summed E-state index contributed by atoms with van der Waals surface area (Å²) in [6.45, 7) is 4.99. The summed E-state index contributed by atoms with van der Waals surface area (Å²) in [7, 11) is 0. The second-order valence-electron chi connectivity index (χ2n) is 5.55. The molecule has 1 amide bonds. The number of rotatable bonds is 9. The number of unbranched alkanes of at least 4 members (excludes halogenated alkanes) is 1. The van der Waals surface area contributed by atoms with Crippen molar-refractivity contribution in [2.24, 2.45) is 0 Å². The van der Waals surface area contributed by atoms with Crippen LogP contribution in [0.2, 0.25) is 0 Å². The van der Waals surface area contributed by atoms with Gasteiger partial charge in [0.25, 0.3) is 0 Å². The zero-order valence-corrected chi connectivity index (χ0v) is 13.0. The molecule has 0 aromatic rings. The fraction of sp³-hybridized carbons (Fsp3) is 0.562. The third-order valence-electron chi connectivity index (χ3n) is 2.51. The fourth-order valence-electron chi connectivity index (χ4n) is 1.26. The van der Waals surface area contributed by atoms with Gasteiger partial charge in [-0.3, -0.25) is 4.79 Å². The van der Waals surface area contributed by atoms with Gasteiger partial charge in [0.15, 0.2) is 0 Å². The molecule has 0 spiro atoms. The molecule has 0 rings (SSSR count). The number of hydrogen-bond donors (Lipinski definition) is 4. The minimum Gasteiger partial charge on any atom is -0.390 e. The van der Waals surface area contributed by atoms with E-state index in [1.165, 1.54) is 19.1 Å². The summed E-state index contributed by atoms with van der Waals surface area (Å²) in [6, 6.07) is 0. The van der Waals surface area contributed by atoms with Crippen LogP contribution in [0.1, 0.15) is 33.6 Å². The van der Waals surface area contributed by atoms with Gasteiger partial charge in [0.05, 0.1) is 17.8 Å². The quantitative estimate of drug-likeness (QED) is 0.291. The van der Waals surface area contributed by atoms with Gasteiger partial charge in [0.1, 0.15) is 0 Å². The third-order valence-corrected chi connectivity index (χ3v) is 2.51. The van der Waals surface area contributed by atoms with E-state index in [0.717, 1.165) is 12.8 Å². The van der Waals surface area contributed by atoms with E-state index in [1.54, 1.807) is 32.1 Å². The van der Waals surface area contributed by atoms with Gasteiger partial charge in [0.2, 0.25) is 5.91 Å². The third kappa shape index (κ3) is 13.3. The molecule has 0 aliphatic rings. The maximum absolute atomic E-state index is 11.4. The van der Waals surface area contributed by atoms with Gasteiger partial charge in [-0.25, -0.2) is 0 Å². The lowest BCUT2D eigenvalue weighted by Gasteiger charge is -2.16. The number of carbonyl (C=O) groups excluding carboxylic acids is 1. The number of nitrogens with one attached hydrogen (secondary N) is 1. The molecule has 0 aliphatic carbocycles. The van der Waals surface area contributed by atoms with Crippen molar-refractivity contribution in [3.8, 4) is 0 Å². The van der Waals surface area contributed by atoms with E-state index in [-0.39, 0.29) is 12.5 Å². The van der Waals surface area contributed by atoms with Crippen LogP contribution in [-0.4, -0.2) is 45.6 Å². The van der Waals surface area contributed by atoms with Gasteiger partial charge in [-0.15, -0.1) is 0 Å². The lowest BCUT2D eigenvalue weighted by atomic mass is 10.1. The van der Waals surface area contributed by atoms with Crippen LogP contribution in [-0.2, 0) is 4.79 Å². The van der Waals surface area contributed by atoms with Crippen molar-refractivity contribution in [3.63, 3.8) is 0 Å². The molecule has 0 heterocycles. The van der Waals surface area contributed by atoms with Crippen LogP contribution in [0.15, 0.2) is 36.5 Å². The summed E-state index contributed by atoms with van der Waals surface area (Å²) in [5.41, 5.74) is -0.908. The standard InChI is InChI=1S/C16H27NO4/c1-13(18)14(19)10-8-6-4-5-7-9-11-15(20)17-12-16(2,3)21/h4,6,8-11,13-14,18-19,21H,5,7,12H2,1-3H3,(H,17,20)/b6-4?,10-8?,11-9+/t13-,14+/m0/s1. The maximum Gasteiger partial charge on any atom is 0.243 e. The van der Waals surface area contributed by atoms with Crippen molar-refractivity contribution >= 4 is 5.91 Å². The Hall–Kier alpha value is -1.43. The average Bonchev–Trinajstić information content (AvgIpc) is 2.38. The zero-order valence-electron chi connectivity index (χ0n) is 13.0. The number of aliphatic hydroxyl groups excluding tert-OH is 2. The summed E-state index contributed by atoms with van der Waals surface area (Å²) >= 11 is 0. The molecule has 120 valence electrons. The van der Waals surface area contributed by atoms with Crippen LogP contribution in [0, 0.1) is 0 Å². The molecule has 0 aromatic carbocycles. The molecule has 0 bridgehead atoms. The Balaban J connectivity index is 3.79. The van der Waals surface area contributed by atoms with Crippen LogP contribution in [0.5, 0.6) is 0 Å². The summed E-state index contributed by atoms with van der Waals surface area (Å²) in [6.07, 6.45) is 9.96. The van der Waals surface area contributed by atoms with Crippen molar-refractivity contribution < 1.29 is 20.1 Å². The van der Waals surface area contributed by atoms with Gasteiger partial charge in [0, 0.05) is 6.54 Å². The molecular weight excluding hydrogens is 270 g/mol. The molecule has 21 heavy (non-hydrogen) atoms.